The molecule has 2 heterocycles. The van der Waals surface area contributed by atoms with E-state index in [1.165, 1.54) is 11.3 Å². The van der Waals surface area contributed by atoms with Gasteiger partial charge in [-0.15, -0.1) is 11.3 Å². The number of aromatic nitrogens is 2. The van der Waals surface area contributed by atoms with Crippen molar-refractivity contribution in [2.75, 3.05) is 5.73 Å². The second kappa shape index (κ2) is 4.34. The molecule has 0 saturated heterocycles. The summed E-state index contributed by atoms with van der Waals surface area (Å²) in [7, 11) is 0. The van der Waals surface area contributed by atoms with Gasteiger partial charge in [0.2, 0.25) is 0 Å². The van der Waals surface area contributed by atoms with Crippen LogP contribution in [-0.2, 0) is 0 Å². The average Bonchev–Trinajstić information content (AvgIpc) is 2.54. The number of nitrogens with zero attached hydrogens (tertiary/aromatic N) is 2. The fraction of sp³-hybridized carbons (Fsp3) is 0. The second-order valence-corrected chi connectivity index (χ2v) is 3.18. The zero-order chi connectivity index (χ0) is 8.39. The molecule has 13 heavy (non-hydrogen) atoms. The van der Waals surface area contributed by atoms with Gasteiger partial charge in [-0.1, -0.05) is 6.07 Å². The van der Waals surface area contributed by atoms with E-state index in [2.05, 4.69) is 9.97 Å². The van der Waals surface area contributed by atoms with Crippen molar-refractivity contribution < 1.29 is 17.0 Å². The summed E-state index contributed by atoms with van der Waals surface area (Å²) in [6, 6.07) is 5.71. The molecule has 2 N–H and O–H groups in total. The van der Waals surface area contributed by atoms with Gasteiger partial charge in [0.05, 0.1) is 5.69 Å². The molecule has 2 aromatic rings. The van der Waals surface area contributed by atoms with E-state index in [4.69, 9.17) is 5.73 Å². The quantitative estimate of drug-likeness (QED) is 0.697. The van der Waals surface area contributed by atoms with Gasteiger partial charge in [-0.2, -0.15) is 0 Å². The van der Waals surface area contributed by atoms with E-state index in [0.29, 0.717) is 5.13 Å². The number of rotatable bonds is 1. The van der Waals surface area contributed by atoms with Crippen LogP contribution in [0.5, 0.6) is 0 Å². The number of pyridine rings is 1. The molecule has 0 atom stereocenters. The van der Waals surface area contributed by atoms with Crippen LogP contribution in [0.3, 0.4) is 0 Å². The van der Waals surface area contributed by atoms with E-state index in [0.717, 1.165) is 11.4 Å². The first-order chi connectivity index (χ1) is 5.86. The van der Waals surface area contributed by atoms with E-state index in [1.807, 2.05) is 23.6 Å². The van der Waals surface area contributed by atoms with E-state index in [9.17, 15) is 0 Å². The Morgan fingerprint density at radius 1 is 1.23 bits per heavy atom. The van der Waals surface area contributed by atoms with E-state index < -0.39 is 0 Å². The van der Waals surface area contributed by atoms with Crippen LogP contribution >= 0.6 is 11.3 Å². The van der Waals surface area contributed by atoms with Gasteiger partial charge >= 0.3 is 0 Å². The molecule has 0 radical (unpaired) electrons. The van der Waals surface area contributed by atoms with E-state index >= 15 is 0 Å². The maximum atomic E-state index is 5.50. The Hall–Kier alpha value is -0.940. The van der Waals surface area contributed by atoms with Gasteiger partial charge in [0.15, 0.2) is 5.13 Å². The van der Waals surface area contributed by atoms with Crippen molar-refractivity contribution >= 4 is 16.5 Å². The molecule has 0 aromatic carbocycles. The Balaban J connectivity index is 0.000000845. The number of thiazole rings is 1. The van der Waals surface area contributed by atoms with Crippen molar-refractivity contribution in [1.29, 1.82) is 0 Å². The molecule has 0 aliphatic rings. The summed E-state index contributed by atoms with van der Waals surface area (Å²) >= 11 is 1.43. The molecule has 0 aliphatic carbocycles. The van der Waals surface area contributed by atoms with Crippen molar-refractivity contribution in [1.82, 2.24) is 9.97 Å². The smallest absolute Gasteiger partial charge is 0.180 e. The summed E-state index contributed by atoms with van der Waals surface area (Å²) < 4.78 is 0. The van der Waals surface area contributed by atoms with Crippen LogP contribution in [0.1, 0.15) is 0 Å². The van der Waals surface area contributed by atoms with Gasteiger partial charge in [0.25, 0.3) is 0 Å². The number of anilines is 1. The van der Waals surface area contributed by atoms with Gasteiger partial charge in [0, 0.05) is 11.6 Å². The minimum absolute atomic E-state index is 0. The third-order valence-electron chi connectivity index (χ3n) is 1.45. The van der Waals surface area contributed by atoms with Gasteiger partial charge < -0.3 is 22.7 Å². The molecule has 0 unspecified atom stereocenters. The minimum Gasteiger partial charge on any atom is -1.00 e. The maximum absolute atomic E-state index is 5.50. The Bertz CT molecular complexity index is 374. The molecule has 5 heteroatoms. The predicted octanol–water partition coefficient (Wildman–Crippen LogP) is -1.21. The van der Waals surface area contributed by atoms with Gasteiger partial charge in [-0.3, -0.25) is 4.98 Å². The summed E-state index contributed by atoms with van der Waals surface area (Å²) in [4.78, 5) is 8.27. The molecule has 0 spiro atoms. The summed E-state index contributed by atoms with van der Waals surface area (Å²) in [6.07, 6.45) is 1.74. The van der Waals surface area contributed by atoms with Crippen molar-refractivity contribution in [3.8, 4) is 11.4 Å². The largest absolute Gasteiger partial charge is 1.00 e. The minimum atomic E-state index is 0. The predicted molar refractivity (Wildman–Crippen MR) is 49.8 cm³/mol. The van der Waals surface area contributed by atoms with Gasteiger partial charge in [-0.25, -0.2) is 4.98 Å². The molecule has 0 bridgehead atoms. The fourth-order valence-electron chi connectivity index (χ4n) is 0.920. The number of nitrogens with two attached hydrogens (primary N) is 1. The Kier molecular flexibility index (Phi) is 3.39. The zero-order valence-corrected chi connectivity index (χ0v) is 9.05. The number of halogens is 1. The second-order valence-electron chi connectivity index (χ2n) is 2.29. The summed E-state index contributed by atoms with van der Waals surface area (Å²) in [5.41, 5.74) is 7.21. The van der Waals surface area contributed by atoms with Crippen LogP contribution in [0.4, 0.5) is 5.13 Å². The highest BCUT2D eigenvalue weighted by molar-refractivity contribution is 7.13. The maximum Gasteiger partial charge on any atom is 0.180 e. The van der Waals surface area contributed by atoms with Crippen LogP contribution in [0, 0.1) is 0 Å². The van der Waals surface area contributed by atoms with Crippen molar-refractivity contribution in [3.05, 3.63) is 29.8 Å². The molecular weight excluding hydrogens is 250 g/mol. The SMILES string of the molecule is Nc1nc(-c2ccccn2)cs1.[Br-]. The van der Waals surface area contributed by atoms with Crippen molar-refractivity contribution in [3.63, 3.8) is 0 Å². The first-order valence-electron chi connectivity index (χ1n) is 3.48. The molecule has 3 nitrogen and oxygen atoms in total. The Morgan fingerprint density at radius 3 is 2.62 bits per heavy atom. The molecule has 2 aromatic heterocycles. The third kappa shape index (κ3) is 2.26. The number of hydrogen-bond acceptors (Lipinski definition) is 4. The summed E-state index contributed by atoms with van der Waals surface area (Å²) in [5.74, 6) is 0. The van der Waals surface area contributed by atoms with E-state index in [-0.39, 0.29) is 17.0 Å². The number of hydrogen-bond donors (Lipinski definition) is 1. The molecular formula is C8H7BrN3S-. The highest BCUT2D eigenvalue weighted by Crippen LogP contribution is 2.20. The lowest BCUT2D eigenvalue weighted by atomic mass is 10.3. The average molecular weight is 257 g/mol. The van der Waals surface area contributed by atoms with Gasteiger partial charge in [0.1, 0.15) is 5.69 Å². The first kappa shape index (κ1) is 10.1. The monoisotopic (exact) mass is 256 g/mol. The first-order valence-corrected chi connectivity index (χ1v) is 4.36. The highest BCUT2D eigenvalue weighted by Gasteiger charge is 2.01. The summed E-state index contributed by atoms with van der Waals surface area (Å²) in [6.45, 7) is 0. The highest BCUT2D eigenvalue weighted by atomic mass is 79.9. The Labute approximate surface area is 90.4 Å². The number of nitrogen functional groups attached to an aromatic ring is 1. The van der Waals surface area contributed by atoms with Crippen LogP contribution in [0.25, 0.3) is 11.4 Å². The van der Waals surface area contributed by atoms with Crippen molar-refractivity contribution in [2.24, 2.45) is 0 Å². The van der Waals surface area contributed by atoms with Crippen LogP contribution in [0.15, 0.2) is 29.8 Å². The van der Waals surface area contributed by atoms with E-state index in [1.54, 1.807) is 6.20 Å². The lowest BCUT2D eigenvalue weighted by Gasteiger charge is -1.91. The lowest BCUT2D eigenvalue weighted by molar-refractivity contribution is -0.00000249. The molecule has 0 fully saturated rings. The standard InChI is InChI=1S/C8H7N3S.BrH/c9-8-11-7(5-12-8)6-3-1-2-4-10-6;/h1-5H,(H2,9,11);1H/p-1. The lowest BCUT2D eigenvalue weighted by Crippen LogP contribution is -3.00. The van der Waals surface area contributed by atoms with Crippen LogP contribution in [0.2, 0.25) is 0 Å². The molecule has 0 aliphatic heterocycles. The normalized spacial score (nSPS) is 9.23. The van der Waals surface area contributed by atoms with Gasteiger partial charge in [-0.05, 0) is 12.1 Å². The van der Waals surface area contributed by atoms with Crippen molar-refractivity contribution in [2.45, 2.75) is 0 Å². The van der Waals surface area contributed by atoms with Crippen LogP contribution in [-0.4, -0.2) is 9.97 Å². The molecule has 0 saturated carbocycles. The fourth-order valence-corrected chi connectivity index (χ4v) is 1.48. The molecule has 0 amide bonds. The molecule has 68 valence electrons. The zero-order valence-electron chi connectivity index (χ0n) is 6.64. The summed E-state index contributed by atoms with van der Waals surface area (Å²) in [5, 5.41) is 2.48. The third-order valence-corrected chi connectivity index (χ3v) is 2.12. The van der Waals surface area contributed by atoms with Crippen LogP contribution < -0.4 is 22.7 Å². The Morgan fingerprint density at radius 2 is 2.08 bits per heavy atom. The topological polar surface area (TPSA) is 51.8 Å². The molecule has 2 rings (SSSR count).